The molecule has 1 aromatic carbocycles. The van der Waals surface area contributed by atoms with Crippen molar-refractivity contribution < 1.29 is 9.53 Å². The molecule has 0 spiro atoms. The maximum absolute atomic E-state index is 12.5. The number of ketones is 1. The Morgan fingerprint density at radius 2 is 2.06 bits per heavy atom. The number of carbonyl (C=O) groups excluding carboxylic acids is 1. The summed E-state index contributed by atoms with van der Waals surface area (Å²) in [5.74, 6) is 0.742. The van der Waals surface area contributed by atoms with Gasteiger partial charge < -0.3 is 4.74 Å². The summed E-state index contributed by atoms with van der Waals surface area (Å²) in [6, 6.07) is 8.05. The zero-order valence-corrected chi connectivity index (χ0v) is 11.3. The van der Waals surface area contributed by atoms with Crippen LogP contribution < -0.4 is 0 Å². The Labute approximate surface area is 109 Å². The molecule has 0 bridgehead atoms. The Morgan fingerprint density at radius 3 is 2.61 bits per heavy atom. The summed E-state index contributed by atoms with van der Waals surface area (Å²) in [7, 11) is 0. The molecule has 1 aliphatic carbocycles. The van der Waals surface area contributed by atoms with Crippen LogP contribution in [0, 0.1) is 0 Å². The van der Waals surface area contributed by atoms with Crippen molar-refractivity contribution >= 4 is 5.78 Å². The molecule has 0 aliphatic heterocycles. The second-order valence-corrected chi connectivity index (χ2v) is 4.93. The van der Waals surface area contributed by atoms with Crippen LogP contribution in [0.3, 0.4) is 0 Å². The first-order valence-electron chi connectivity index (χ1n) is 7.02. The van der Waals surface area contributed by atoms with E-state index >= 15 is 0 Å². The van der Waals surface area contributed by atoms with Crippen LogP contribution in [0.2, 0.25) is 0 Å². The van der Waals surface area contributed by atoms with Crippen molar-refractivity contribution in [3.63, 3.8) is 0 Å². The van der Waals surface area contributed by atoms with Gasteiger partial charge in [0.1, 0.15) is 6.10 Å². The van der Waals surface area contributed by atoms with Gasteiger partial charge in [0.2, 0.25) is 0 Å². The monoisotopic (exact) mass is 246 g/mol. The molecule has 2 nitrogen and oxygen atoms in total. The van der Waals surface area contributed by atoms with Gasteiger partial charge in [-0.25, -0.2) is 0 Å². The molecule has 1 aromatic rings. The van der Waals surface area contributed by atoms with Gasteiger partial charge in [-0.3, -0.25) is 4.79 Å². The number of hydrogen-bond donors (Lipinski definition) is 0. The number of rotatable bonds is 6. The largest absolute Gasteiger partial charge is 0.370 e. The molecule has 0 radical (unpaired) electrons. The summed E-state index contributed by atoms with van der Waals surface area (Å²) in [4.78, 5) is 12.5. The van der Waals surface area contributed by atoms with E-state index in [1.165, 1.54) is 24.8 Å². The van der Waals surface area contributed by atoms with Crippen molar-refractivity contribution in [2.45, 2.75) is 51.6 Å². The van der Waals surface area contributed by atoms with Crippen LogP contribution >= 0.6 is 0 Å². The summed E-state index contributed by atoms with van der Waals surface area (Å²) in [6.07, 6.45) is 4.18. The molecule has 0 N–H and O–H groups in total. The molecule has 1 unspecified atom stereocenters. The minimum atomic E-state index is -0.281. The molecule has 0 saturated heterocycles. The molecule has 1 fully saturated rings. The SMILES string of the molecule is CCOC(CC)C(=O)c1ccccc1C1CCC1. The minimum Gasteiger partial charge on any atom is -0.370 e. The quantitative estimate of drug-likeness (QED) is 0.710. The van der Waals surface area contributed by atoms with Crippen molar-refractivity contribution in [1.82, 2.24) is 0 Å². The van der Waals surface area contributed by atoms with Crippen LogP contribution in [-0.2, 0) is 4.74 Å². The van der Waals surface area contributed by atoms with Crippen LogP contribution in [0.1, 0.15) is 61.4 Å². The van der Waals surface area contributed by atoms with E-state index in [-0.39, 0.29) is 11.9 Å². The molecule has 18 heavy (non-hydrogen) atoms. The molecule has 2 rings (SSSR count). The lowest BCUT2D eigenvalue weighted by Crippen LogP contribution is -2.26. The zero-order valence-electron chi connectivity index (χ0n) is 11.3. The number of benzene rings is 1. The van der Waals surface area contributed by atoms with Crippen LogP contribution in [0.5, 0.6) is 0 Å². The van der Waals surface area contributed by atoms with E-state index in [2.05, 4.69) is 6.07 Å². The van der Waals surface area contributed by atoms with Crippen molar-refractivity contribution in [2.24, 2.45) is 0 Å². The van der Waals surface area contributed by atoms with E-state index in [0.29, 0.717) is 12.5 Å². The van der Waals surface area contributed by atoms with E-state index in [1.54, 1.807) is 0 Å². The van der Waals surface area contributed by atoms with Gasteiger partial charge in [-0.2, -0.15) is 0 Å². The Hall–Kier alpha value is -1.15. The maximum Gasteiger partial charge on any atom is 0.191 e. The van der Waals surface area contributed by atoms with Gasteiger partial charge in [-0.15, -0.1) is 0 Å². The maximum atomic E-state index is 12.5. The van der Waals surface area contributed by atoms with Gasteiger partial charge in [0.25, 0.3) is 0 Å². The Kier molecular flexibility index (Phi) is 4.54. The topological polar surface area (TPSA) is 26.3 Å². The van der Waals surface area contributed by atoms with Gasteiger partial charge in [0.15, 0.2) is 5.78 Å². The van der Waals surface area contributed by atoms with E-state index in [0.717, 1.165) is 12.0 Å². The first kappa shape index (κ1) is 13.3. The fraction of sp³-hybridized carbons (Fsp3) is 0.562. The average Bonchev–Trinajstić information content (AvgIpc) is 2.34. The van der Waals surface area contributed by atoms with E-state index < -0.39 is 0 Å². The van der Waals surface area contributed by atoms with Crippen molar-refractivity contribution in [3.05, 3.63) is 35.4 Å². The first-order valence-corrected chi connectivity index (χ1v) is 7.02. The highest BCUT2D eigenvalue weighted by Gasteiger charge is 2.27. The van der Waals surface area contributed by atoms with Crippen molar-refractivity contribution in [3.8, 4) is 0 Å². The average molecular weight is 246 g/mol. The van der Waals surface area contributed by atoms with Gasteiger partial charge >= 0.3 is 0 Å². The molecule has 2 heteroatoms. The fourth-order valence-electron chi connectivity index (χ4n) is 2.55. The van der Waals surface area contributed by atoms with E-state index in [1.807, 2.05) is 32.0 Å². The molecule has 0 aromatic heterocycles. The van der Waals surface area contributed by atoms with Gasteiger partial charge in [-0.05, 0) is 37.7 Å². The van der Waals surface area contributed by atoms with Gasteiger partial charge in [0, 0.05) is 12.2 Å². The number of hydrogen-bond acceptors (Lipinski definition) is 2. The smallest absolute Gasteiger partial charge is 0.191 e. The highest BCUT2D eigenvalue weighted by molar-refractivity contribution is 6.00. The van der Waals surface area contributed by atoms with Crippen LogP contribution in [0.25, 0.3) is 0 Å². The third-order valence-electron chi connectivity index (χ3n) is 3.80. The lowest BCUT2D eigenvalue weighted by molar-refractivity contribution is 0.0442. The standard InChI is InChI=1S/C16H22O2/c1-3-15(18-4-2)16(17)14-11-6-5-10-13(14)12-8-7-9-12/h5-6,10-12,15H,3-4,7-9H2,1-2H3. The summed E-state index contributed by atoms with van der Waals surface area (Å²) < 4.78 is 5.54. The molecule has 1 aliphatic rings. The van der Waals surface area contributed by atoms with E-state index in [9.17, 15) is 4.79 Å². The molecular weight excluding hydrogens is 224 g/mol. The Balaban J connectivity index is 2.23. The normalized spacial score (nSPS) is 17.2. The lowest BCUT2D eigenvalue weighted by atomic mass is 9.77. The second-order valence-electron chi connectivity index (χ2n) is 4.93. The first-order chi connectivity index (χ1) is 8.77. The molecule has 0 heterocycles. The Bertz CT molecular complexity index is 407. The highest BCUT2D eigenvalue weighted by Crippen LogP contribution is 2.38. The molecule has 1 saturated carbocycles. The predicted molar refractivity (Wildman–Crippen MR) is 73.1 cm³/mol. The minimum absolute atomic E-state index is 0.154. The lowest BCUT2D eigenvalue weighted by Gasteiger charge is -2.28. The zero-order chi connectivity index (χ0) is 13.0. The highest BCUT2D eigenvalue weighted by atomic mass is 16.5. The Morgan fingerprint density at radius 1 is 1.33 bits per heavy atom. The summed E-state index contributed by atoms with van der Waals surface area (Å²) >= 11 is 0. The molecule has 1 atom stereocenters. The van der Waals surface area contributed by atoms with Crippen molar-refractivity contribution in [1.29, 1.82) is 0 Å². The van der Waals surface area contributed by atoms with Crippen LogP contribution in [0.15, 0.2) is 24.3 Å². The molecule has 98 valence electrons. The third-order valence-corrected chi connectivity index (χ3v) is 3.80. The van der Waals surface area contributed by atoms with Crippen LogP contribution in [-0.4, -0.2) is 18.5 Å². The fourth-order valence-corrected chi connectivity index (χ4v) is 2.55. The third kappa shape index (κ3) is 2.64. The molecular formula is C16H22O2. The van der Waals surface area contributed by atoms with Crippen LogP contribution in [0.4, 0.5) is 0 Å². The summed E-state index contributed by atoms with van der Waals surface area (Å²) in [5, 5.41) is 0. The summed E-state index contributed by atoms with van der Waals surface area (Å²) in [6.45, 7) is 4.54. The number of carbonyl (C=O) groups is 1. The number of Topliss-reactive ketones (excluding diaryl/α,β-unsaturated/α-hetero) is 1. The van der Waals surface area contributed by atoms with Gasteiger partial charge in [0.05, 0.1) is 0 Å². The van der Waals surface area contributed by atoms with Crippen molar-refractivity contribution in [2.75, 3.05) is 6.61 Å². The second kappa shape index (κ2) is 6.14. The van der Waals surface area contributed by atoms with Gasteiger partial charge in [-0.1, -0.05) is 37.6 Å². The van der Waals surface area contributed by atoms with E-state index in [4.69, 9.17) is 4.74 Å². The summed E-state index contributed by atoms with van der Waals surface area (Å²) in [5.41, 5.74) is 2.11. The molecule has 0 amide bonds. The number of ether oxygens (including phenoxy) is 1. The predicted octanol–water partition coefficient (Wildman–Crippen LogP) is 3.95.